The van der Waals surface area contributed by atoms with Gasteiger partial charge in [-0.1, -0.05) is 11.6 Å². The van der Waals surface area contributed by atoms with E-state index in [1.165, 1.54) is 0 Å². The molecule has 1 nitrogen and oxygen atoms in total. The van der Waals surface area contributed by atoms with Gasteiger partial charge in [0.25, 0.3) is 0 Å². The van der Waals surface area contributed by atoms with Gasteiger partial charge < -0.3 is 5.73 Å². The third-order valence-corrected chi connectivity index (χ3v) is 3.84. The second-order valence-electron chi connectivity index (χ2n) is 2.46. The van der Waals surface area contributed by atoms with Crippen molar-refractivity contribution in [3.05, 3.63) is 27.0 Å². The molecule has 2 rings (SSSR count). The minimum absolute atomic E-state index is 0.680. The summed E-state index contributed by atoms with van der Waals surface area (Å²) >= 11 is 10.9. The summed E-state index contributed by atoms with van der Waals surface area (Å²) < 4.78 is 2.14. The summed E-state index contributed by atoms with van der Waals surface area (Å²) in [4.78, 5) is 0. The maximum atomic E-state index is 5.86. The van der Waals surface area contributed by atoms with Gasteiger partial charge in [0.15, 0.2) is 0 Å². The molecule has 62 valence electrons. The van der Waals surface area contributed by atoms with Crippen molar-refractivity contribution in [1.29, 1.82) is 0 Å². The van der Waals surface area contributed by atoms with Crippen LogP contribution < -0.4 is 5.73 Å². The van der Waals surface area contributed by atoms with Crippen molar-refractivity contribution in [2.75, 3.05) is 5.73 Å². The SMILES string of the molecule is Nc1cc(Cl)cc2c(Br)csc12. The lowest BCUT2D eigenvalue weighted by atomic mass is 10.2. The number of fused-ring (bicyclic) bond motifs is 1. The van der Waals surface area contributed by atoms with E-state index in [-0.39, 0.29) is 0 Å². The van der Waals surface area contributed by atoms with Crippen LogP contribution in [0.1, 0.15) is 0 Å². The van der Waals surface area contributed by atoms with E-state index in [1.54, 1.807) is 17.4 Å². The van der Waals surface area contributed by atoms with Crippen molar-refractivity contribution < 1.29 is 0 Å². The Morgan fingerprint density at radius 2 is 2.17 bits per heavy atom. The van der Waals surface area contributed by atoms with Crippen molar-refractivity contribution in [2.45, 2.75) is 0 Å². The van der Waals surface area contributed by atoms with Crippen molar-refractivity contribution >= 4 is 54.6 Å². The third-order valence-electron chi connectivity index (χ3n) is 1.62. The highest BCUT2D eigenvalue weighted by Crippen LogP contribution is 2.36. The molecule has 0 spiro atoms. The van der Waals surface area contributed by atoms with Gasteiger partial charge in [0.1, 0.15) is 0 Å². The molecule has 4 heteroatoms. The van der Waals surface area contributed by atoms with Crippen LogP contribution in [0.2, 0.25) is 5.02 Å². The fourth-order valence-electron chi connectivity index (χ4n) is 1.10. The molecule has 1 aromatic heterocycles. The Hall–Kier alpha value is -0.250. The summed E-state index contributed by atoms with van der Waals surface area (Å²) in [6.45, 7) is 0. The zero-order valence-corrected chi connectivity index (χ0v) is 9.13. The fourth-order valence-corrected chi connectivity index (χ4v) is 2.89. The highest BCUT2D eigenvalue weighted by atomic mass is 79.9. The largest absolute Gasteiger partial charge is 0.398 e. The number of nitrogens with two attached hydrogens (primary N) is 1. The topological polar surface area (TPSA) is 26.0 Å². The number of nitrogen functional groups attached to an aromatic ring is 1. The van der Waals surface area contributed by atoms with E-state index >= 15 is 0 Å². The molecule has 1 aromatic carbocycles. The van der Waals surface area contributed by atoms with E-state index in [2.05, 4.69) is 15.9 Å². The van der Waals surface area contributed by atoms with E-state index in [9.17, 15) is 0 Å². The number of halogens is 2. The van der Waals surface area contributed by atoms with E-state index in [0.29, 0.717) is 5.02 Å². The molecular formula is C8H5BrClNS. The predicted molar refractivity (Wildman–Crippen MR) is 58.9 cm³/mol. The molecule has 2 N–H and O–H groups in total. The van der Waals surface area contributed by atoms with E-state index in [1.807, 2.05) is 11.4 Å². The van der Waals surface area contributed by atoms with Crippen molar-refractivity contribution in [1.82, 2.24) is 0 Å². The monoisotopic (exact) mass is 261 g/mol. The lowest BCUT2D eigenvalue weighted by Crippen LogP contribution is -1.83. The minimum Gasteiger partial charge on any atom is -0.398 e. The molecule has 0 fully saturated rings. The highest BCUT2D eigenvalue weighted by Gasteiger charge is 2.05. The molecule has 0 radical (unpaired) electrons. The Balaban J connectivity index is 2.92. The molecule has 0 aliphatic rings. The number of thiophene rings is 1. The predicted octanol–water partition coefficient (Wildman–Crippen LogP) is 3.90. The molecule has 12 heavy (non-hydrogen) atoms. The van der Waals surface area contributed by atoms with E-state index < -0.39 is 0 Å². The first-order valence-electron chi connectivity index (χ1n) is 3.30. The molecule has 0 atom stereocenters. The van der Waals surface area contributed by atoms with Crippen LogP contribution in [-0.4, -0.2) is 0 Å². The summed E-state index contributed by atoms with van der Waals surface area (Å²) in [5, 5.41) is 3.78. The van der Waals surface area contributed by atoms with Gasteiger partial charge in [-0.2, -0.15) is 0 Å². The van der Waals surface area contributed by atoms with Crippen LogP contribution in [0.3, 0.4) is 0 Å². The quantitative estimate of drug-likeness (QED) is 0.716. The van der Waals surface area contributed by atoms with Gasteiger partial charge >= 0.3 is 0 Å². The average molecular weight is 263 g/mol. The highest BCUT2D eigenvalue weighted by molar-refractivity contribution is 9.10. The first-order chi connectivity index (χ1) is 5.68. The fraction of sp³-hybridized carbons (Fsp3) is 0. The molecule has 2 aromatic rings. The van der Waals surface area contributed by atoms with Crippen LogP contribution >= 0.6 is 38.9 Å². The van der Waals surface area contributed by atoms with Crippen molar-refractivity contribution in [3.8, 4) is 0 Å². The first kappa shape index (κ1) is 8.35. The number of hydrogen-bond donors (Lipinski definition) is 1. The molecule has 0 unspecified atom stereocenters. The Morgan fingerprint density at radius 3 is 2.92 bits per heavy atom. The Morgan fingerprint density at radius 1 is 1.42 bits per heavy atom. The Labute approximate surface area is 87.3 Å². The molecule has 1 heterocycles. The van der Waals surface area contributed by atoms with Gasteiger partial charge in [-0.25, -0.2) is 0 Å². The van der Waals surface area contributed by atoms with Gasteiger partial charge in [0.2, 0.25) is 0 Å². The van der Waals surface area contributed by atoms with Gasteiger partial charge in [-0.05, 0) is 28.1 Å². The van der Waals surface area contributed by atoms with Gasteiger partial charge in [0, 0.05) is 20.3 Å². The number of anilines is 1. The summed E-state index contributed by atoms with van der Waals surface area (Å²) in [5.74, 6) is 0. The summed E-state index contributed by atoms with van der Waals surface area (Å²) in [6, 6.07) is 3.68. The van der Waals surface area contributed by atoms with Crippen LogP contribution in [0.4, 0.5) is 5.69 Å². The molecular weight excluding hydrogens is 258 g/mol. The van der Waals surface area contributed by atoms with Gasteiger partial charge in [0.05, 0.1) is 10.4 Å². The molecule has 0 bridgehead atoms. The molecule has 0 saturated heterocycles. The minimum atomic E-state index is 0.680. The number of hydrogen-bond acceptors (Lipinski definition) is 2. The second-order valence-corrected chi connectivity index (χ2v) is 4.63. The van der Waals surface area contributed by atoms with Crippen LogP contribution in [0.5, 0.6) is 0 Å². The normalized spacial score (nSPS) is 10.8. The summed E-state index contributed by atoms with van der Waals surface area (Å²) in [6.07, 6.45) is 0. The van der Waals surface area contributed by atoms with Gasteiger partial charge in [-0.15, -0.1) is 11.3 Å². The van der Waals surface area contributed by atoms with Crippen LogP contribution in [0, 0.1) is 0 Å². The van der Waals surface area contributed by atoms with Crippen molar-refractivity contribution in [3.63, 3.8) is 0 Å². The Kier molecular flexibility index (Phi) is 2.02. The zero-order chi connectivity index (χ0) is 8.72. The molecule has 0 saturated carbocycles. The number of benzene rings is 1. The average Bonchev–Trinajstić information content (AvgIpc) is 2.33. The maximum absolute atomic E-state index is 5.86. The van der Waals surface area contributed by atoms with Crippen LogP contribution in [0.25, 0.3) is 10.1 Å². The van der Waals surface area contributed by atoms with Gasteiger partial charge in [-0.3, -0.25) is 0 Å². The molecule has 0 aliphatic heterocycles. The van der Waals surface area contributed by atoms with Crippen LogP contribution in [0.15, 0.2) is 22.0 Å². The molecule has 0 aliphatic carbocycles. The zero-order valence-electron chi connectivity index (χ0n) is 5.97. The second kappa shape index (κ2) is 2.91. The number of rotatable bonds is 0. The van der Waals surface area contributed by atoms with E-state index in [0.717, 1.165) is 20.2 Å². The first-order valence-corrected chi connectivity index (χ1v) is 5.35. The van der Waals surface area contributed by atoms with Crippen LogP contribution in [-0.2, 0) is 0 Å². The van der Waals surface area contributed by atoms with Crippen molar-refractivity contribution in [2.24, 2.45) is 0 Å². The lowest BCUT2D eigenvalue weighted by Gasteiger charge is -1.96. The Bertz CT molecular complexity index is 438. The summed E-state index contributed by atoms with van der Waals surface area (Å²) in [7, 11) is 0. The maximum Gasteiger partial charge on any atom is 0.0584 e. The molecule has 0 amide bonds. The summed E-state index contributed by atoms with van der Waals surface area (Å²) in [5.41, 5.74) is 6.52. The lowest BCUT2D eigenvalue weighted by molar-refractivity contribution is 1.79. The van der Waals surface area contributed by atoms with E-state index in [4.69, 9.17) is 17.3 Å². The standard InChI is InChI=1S/C8H5BrClNS/c9-6-3-12-8-5(6)1-4(10)2-7(8)11/h1-3H,11H2. The third kappa shape index (κ3) is 1.22. The smallest absolute Gasteiger partial charge is 0.0584 e.